The molecule has 1 aromatic carbocycles. The molecule has 1 aromatic heterocycles. The minimum Gasteiger partial charge on any atom is -0.336 e. The first kappa shape index (κ1) is 19.1. The van der Waals surface area contributed by atoms with Crippen molar-refractivity contribution in [3.05, 3.63) is 40.9 Å². The minimum absolute atomic E-state index is 0.0950. The number of nitrogens with one attached hydrogen (secondary N) is 1. The smallest absolute Gasteiger partial charge is 0.243 e. The van der Waals surface area contributed by atoms with Gasteiger partial charge in [-0.05, 0) is 53.4 Å². The zero-order valence-corrected chi connectivity index (χ0v) is 17.0. The van der Waals surface area contributed by atoms with E-state index in [0.29, 0.717) is 28.8 Å². The lowest BCUT2D eigenvalue weighted by Gasteiger charge is -2.25. The lowest BCUT2D eigenvalue weighted by atomic mass is 10.2. The highest BCUT2D eigenvalue weighted by molar-refractivity contribution is 9.10. The third-order valence-corrected chi connectivity index (χ3v) is 7.22. The molecule has 1 saturated heterocycles. The van der Waals surface area contributed by atoms with Crippen molar-refractivity contribution in [3.63, 3.8) is 0 Å². The van der Waals surface area contributed by atoms with Crippen LogP contribution < -0.4 is 5.32 Å². The van der Waals surface area contributed by atoms with Crippen molar-refractivity contribution >= 4 is 37.5 Å². The average molecular weight is 441 g/mol. The summed E-state index contributed by atoms with van der Waals surface area (Å²) in [6.45, 7) is 4.25. The van der Waals surface area contributed by atoms with Gasteiger partial charge in [0.25, 0.3) is 0 Å². The summed E-state index contributed by atoms with van der Waals surface area (Å²) in [6.07, 6.45) is 6.89. The Labute approximate surface area is 161 Å². The molecule has 0 bridgehead atoms. The van der Waals surface area contributed by atoms with E-state index >= 15 is 0 Å². The Bertz CT molecular complexity index is 912. The molecule has 0 radical (unpaired) electrons. The van der Waals surface area contributed by atoms with Gasteiger partial charge in [-0.25, -0.2) is 13.4 Å². The van der Waals surface area contributed by atoms with Crippen LogP contribution in [0.3, 0.4) is 0 Å². The number of hydrogen-bond acceptors (Lipinski definition) is 4. The zero-order chi connectivity index (χ0) is 18.9. The van der Waals surface area contributed by atoms with Gasteiger partial charge in [0.05, 0.1) is 16.9 Å². The number of imidazole rings is 1. The van der Waals surface area contributed by atoms with E-state index < -0.39 is 10.0 Å². The number of nitrogens with zero attached hydrogens (tertiary/aromatic N) is 3. The number of carbonyl (C=O) groups is 1. The molecule has 1 amide bonds. The average Bonchev–Trinajstić information content (AvgIpc) is 3.22. The van der Waals surface area contributed by atoms with Crippen molar-refractivity contribution in [2.24, 2.45) is 0 Å². The predicted octanol–water partition coefficient (Wildman–Crippen LogP) is 2.77. The Kier molecular flexibility index (Phi) is 5.50. The maximum Gasteiger partial charge on any atom is 0.243 e. The van der Waals surface area contributed by atoms with Crippen LogP contribution in [0, 0.1) is 6.92 Å². The molecule has 3 rings (SSSR count). The molecule has 0 aliphatic carbocycles. The Morgan fingerprint density at radius 1 is 1.42 bits per heavy atom. The molecule has 1 N–H and O–H groups in total. The van der Waals surface area contributed by atoms with E-state index in [4.69, 9.17) is 0 Å². The topological polar surface area (TPSA) is 84.3 Å². The third-order valence-electron chi connectivity index (χ3n) is 4.47. The van der Waals surface area contributed by atoms with Gasteiger partial charge in [-0.1, -0.05) is 0 Å². The van der Waals surface area contributed by atoms with Crippen LogP contribution >= 0.6 is 15.9 Å². The molecule has 1 fully saturated rings. The Morgan fingerprint density at radius 2 is 2.19 bits per heavy atom. The molecular weight excluding hydrogens is 420 g/mol. The molecule has 7 nitrogen and oxygen atoms in total. The van der Waals surface area contributed by atoms with Gasteiger partial charge in [-0.2, -0.15) is 4.31 Å². The Hall–Kier alpha value is -1.71. The number of hydrogen-bond donors (Lipinski definition) is 1. The minimum atomic E-state index is -3.63. The van der Waals surface area contributed by atoms with E-state index in [2.05, 4.69) is 26.2 Å². The molecule has 140 valence electrons. The van der Waals surface area contributed by atoms with E-state index in [9.17, 15) is 13.2 Å². The van der Waals surface area contributed by atoms with Crippen molar-refractivity contribution in [3.8, 4) is 0 Å². The van der Waals surface area contributed by atoms with Gasteiger partial charge in [-0.15, -0.1) is 0 Å². The summed E-state index contributed by atoms with van der Waals surface area (Å²) in [5.74, 6) is -0.208. The fourth-order valence-electron chi connectivity index (χ4n) is 3.30. The van der Waals surface area contributed by atoms with Crippen molar-refractivity contribution in [2.75, 3.05) is 11.9 Å². The normalized spacial score (nSPS) is 18.2. The van der Waals surface area contributed by atoms with Crippen molar-refractivity contribution < 1.29 is 13.2 Å². The lowest BCUT2D eigenvalue weighted by Crippen LogP contribution is -2.38. The maximum atomic E-state index is 13.3. The number of rotatable bonds is 5. The molecule has 2 aromatic rings. The van der Waals surface area contributed by atoms with Gasteiger partial charge in [-0.3, -0.25) is 4.79 Å². The molecule has 1 aliphatic heterocycles. The number of aromatic nitrogens is 2. The zero-order valence-electron chi connectivity index (χ0n) is 14.6. The van der Waals surface area contributed by atoms with E-state index in [-0.39, 0.29) is 16.8 Å². The third kappa shape index (κ3) is 3.84. The van der Waals surface area contributed by atoms with Crippen LogP contribution in [0.25, 0.3) is 0 Å². The van der Waals surface area contributed by atoms with Crippen LogP contribution in [-0.4, -0.2) is 40.8 Å². The Morgan fingerprint density at radius 3 is 2.85 bits per heavy atom. The van der Waals surface area contributed by atoms with Gasteiger partial charge in [0.1, 0.15) is 0 Å². The van der Waals surface area contributed by atoms with E-state index in [0.717, 1.165) is 12.8 Å². The number of halogens is 1. The van der Waals surface area contributed by atoms with Crippen LogP contribution in [0.1, 0.15) is 25.3 Å². The maximum absolute atomic E-state index is 13.3. The van der Waals surface area contributed by atoms with Gasteiger partial charge < -0.3 is 9.88 Å². The molecule has 26 heavy (non-hydrogen) atoms. The predicted molar refractivity (Wildman–Crippen MR) is 102 cm³/mol. The van der Waals surface area contributed by atoms with Crippen LogP contribution in [-0.2, 0) is 21.4 Å². The number of carbonyl (C=O) groups excluding carboxylic acids is 1. The largest absolute Gasteiger partial charge is 0.336 e. The second-order valence-corrected chi connectivity index (χ2v) is 9.16. The molecular formula is C17H21BrN4O3S. The SMILES string of the molecule is CC(=O)Nc1cc(C)c(S(=O)(=O)N2CCC[C@@H]2Cn2ccnc2)cc1Br. The summed E-state index contributed by atoms with van der Waals surface area (Å²) in [5.41, 5.74) is 1.16. The standard InChI is InChI=1S/C17H21BrN4O3S/c1-12-8-16(20-13(2)23)15(18)9-17(12)26(24,25)22-6-3-4-14(22)10-21-7-5-19-11-21/h5,7-9,11,14H,3-4,6,10H2,1-2H3,(H,20,23)/t14-/m1/s1. The number of anilines is 1. The van der Waals surface area contributed by atoms with Gasteiger partial charge >= 0.3 is 0 Å². The quantitative estimate of drug-likeness (QED) is 0.774. The number of benzene rings is 1. The van der Waals surface area contributed by atoms with Gasteiger partial charge in [0.15, 0.2) is 0 Å². The highest BCUT2D eigenvalue weighted by Gasteiger charge is 2.36. The molecule has 9 heteroatoms. The van der Waals surface area contributed by atoms with E-state index in [1.54, 1.807) is 35.9 Å². The second-order valence-electron chi connectivity index (χ2n) is 6.45. The number of aryl methyl sites for hydroxylation is 1. The fraction of sp³-hybridized carbons (Fsp3) is 0.412. The van der Waals surface area contributed by atoms with Crippen LogP contribution in [0.5, 0.6) is 0 Å². The summed E-state index contributed by atoms with van der Waals surface area (Å²) in [6, 6.07) is 3.16. The van der Waals surface area contributed by atoms with Crippen molar-refractivity contribution in [2.45, 2.75) is 44.2 Å². The Balaban J connectivity index is 1.91. The summed E-state index contributed by atoms with van der Waals surface area (Å²) >= 11 is 3.36. The van der Waals surface area contributed by atoms with Gasteiger partial charge in [0, 0.05) is 42.9 Å². The molecule has 0 unspecified atom stereocenters. The van der Waals surface area contributed by atoms with Gasteiger partial charge in [0.2, 0.25) is 15.9 Å². The number of amides is 1. The summed E-state index contributed by atoms with van der Waals surface area (Å²) in [4.78, 5) is 15.6. The first-order chi connectivity index (χ1) is 12.3. The number of sulfonamides is 1. The van der Waals surface area contributed by atoms with Crippen LogP contribution in [0.4, 0.5) is 5.69 Å². The second kappa shape index (κ2) is 7.50. The highest BCUT2D eigenvalue weighted by atomic mass is 79.9. The molecule has 2 heterocycles. The van der Waals surface area contributed by atoms with Crippen molar-refractivity contribution in [1.29, 1.82) is 0 Å². The highest BCUT2D eigenvalue weighted by Crippen LogP contribution is 2.33. The fourth-order valence-corrected chi connectivity index (χ4v) is 5.81. The van der Waals surface area contributed by atoms with E-state index in [1.807, 2.05) is 10.8 Å². The summed E-state index contributed by atoms with van der Waals surface area (Å²) < 4.78 is 30.6. The molecule has 0 spiro atoms. The van der Waals surface area contributed by atoms with E-state index in [1.165, 1.54) is 6.92 Å². The van der Waals surface area contributed by atoms with Crippen LogP contribution in [0.2, 0.25) is 0 Å². The molecule has 0 saturated carbocycles. The first-order valence-electron chi connectivity index (χ1n) is 8.34. The first-order valence-corrected chi connectivity index (χ1v) is 10.6. The van der Waals surface area contributed by atoms with Crippen molar-refractivity contribution in [1.82, 2.24) is 13.9 Å². The molecule has 1 aliphatic rings. The lowest BCUT2D eigenvalue weighted by molar-refractivity contribution is -0.114. The molecule has 1 atom stereocenters. The monoisotopic (exact) mass is 440 g/mol. The summed E-state index contributed by atoms with van der Waals surface area (Å²) in [5, 5.41) is 2.70. The van der Waals surface area contributed by atoms with Crippen LogP contribution in [0.15, 0.2) is 40.2 Å². The summed E-state index contributed by atoms with van der Waals surface area (Å²) in [7, 11) is -3.63.